The summed E-state index contributed by atoms with van der Waals surface area (Å²) in [5.41, 5.74) is -0.435. The van der Waals surface area contributed by atoms with Crippen LogP contribution in [0.4, 0.5) is 14.5 Å². The molecule has 0 aliphatic heterocycles. The van der Waals surface area contributed by atoms with Crippen molar-refractivity contribution in [1.82, 2.24) is 0 Å². The molecular weight excluding hydrogens is 303 g/mol. The molecule has 1 aromatic carbocycles. The molecule has 0 atom stereocenters. The van der Waals surface area contributed by atoms with Crippen LogP contribution in [0.1, 0.15) is 10.4 Å². The van der Waals surface area contributed by atoms with Crippen LogP contribution in [0.5, 0.6) is 0 Å². The predicted octanol–water partition coefficient (Wildman–Crippen LogP) is 4.59. The summed E-state index contributed by atoms with van der Waals surface area (Å²) >= 11 is 12.5. The van der Waals surface area contributed by atoms with Crippen molar-refractivity contribution in [3.8, 4) is 0 Å². The summed E-state index contributed by atoms with van der Waals surface area (Å²) in [5.74, 6) is -2.44. The number of amides is 1. The number of benzene rings is 1. The zero-order chi connectivity index (χ0) is 13.3. The normalized spacial score (nSPS) is 10.4. The van der Waals surface area contributed by atoms with Crippen LogP contribution >= 0.6 is 34.5 Å². The smallest absolute Gasteiger partial charge is 0.258 e. The van der Waals surface area contributed by atoms with E-state index in [1.807, 2.05) is 0 Å². The van der Waals surface area contributed by atoms with Crippen LogP contribution < -0.4 is 5.32 Å². The number of rotatable bonds is 2. The van der Waals surface area contributed by atoms with Gasteiger partial charge in [-0.25, -0.2) is 8.78 Å². The fourth-order valence-electron chi connectivity index (χ4n) is 1.29. The second-order valence-electron chi connectivity index (χ2n) is 3.29. The van der Waals surface area contributed by atoms with Crippen molar-refractivity contribution in [3.63, 3.8) is 0 Å². The summed E-state index contributed by atoms with van der Waals surface area (Å²) in [6, 6.07) is 4.62. The van der Waals surface area contributed by atoms with Crippen molar-refractivity contribution in [2.24, 2.45) is 0 Å². The first-order chi connectivity index (χ1) is 8.49. The second-order valence-corrected chi connectivity index (χ2v) is 5.57. The number of hydrogen-bond donors (Lipinski definition) is 1. The molecular formula is C11H5Cl2F2NOS. The summed E-state index contributed by atoms with van der Waals surface area (Å²) in [4.78, 5) is 11.8. The highest BCUT2D eigenvalue weighted by Gasteiger charge is 2.17. The zero-order valence-corrected chi connectivity index (χ0v) is 11.0. The van der Waals surface area contributed by atoms with E-state index in [1.54, 1.807) is 0 Å². The summed E-state index contributed by atoms with van der Waals surface area (Å²) in [5, 5.41) is 2.12. The third-order valence-corrected chi connectivity index (χ3v) is 3.59. The number of para-hydroxylation sites is 1. The molecule has 2 aromatic rings. The fraction of sp³-hybridized carbons (Fsp3) is 0. The van der Waals surface area contributed by atoms with Gasteiger partial charge in [0.25, 0.3) is 5.91 Å². The summed E-state index contributed by atoms with van der Waals surface area (Å²) in [7, 11) is 0. The highest BCUT2D eigenvalue weighted by molar-refractivity contribution is 7.20. The minimum Gasteiger partial charge on any atom is -0.317 e. The number of anilines is 1. The van der Waals surface area contributed by atoms with Gasteiger partial charge in [0, 0.05) is 0 Å². The van der Waals surface area contributed by atoms with Gasteiger partial charge in [0.1, 0.15) is 21.7 Å². The van der Waals surface area contributed by atoms with Crippen molar-refractivity contribution >= 4 is 46.1 Å². The molecule has 1 heterocycles. The van der Waals surface area contributed by atoms with Crippen molar-refractivity contribution < 1.29 is 13.6 Å². The van der Waals surface area contributed by atoms with Gasteiger partial charge < -0.3 is 5.32 Å². The molecule has 0 radical (unpaired) electrons. The highest BCUT2D eigenvalue weighted by Crippen LogP contribution is 2.32. The Morgan fingerprint density at radius 1 is 1.22 bits per heavy atom. The van der Waals surface area contributed by atoms with E-state index in [4.69, 9.17) is 23.2 Å². The Kier molecular flexibility index (Phi) is 3.85. The molecule has 0 fully saturated rings. The molecule has 18 heavy (non-hydrogen) atoms. The molecule has 1 aromatic heterocycles. The predicted molar refractivity (Wildman–Crippen MR) is 68.7 cm³/mol. The minimum atomic E-state index is -0.860. The molecule has 0 aliphatic rings. The molecule has 1 amide bonds. The minimum absolute atomic E-state index is 0.0781. The van der Waals surface area contributed by atoms with Crippen LogP contribution in [0.25, 0.3) is 0 Å². The van der Waals surface area contributed by atoms with Crippen molar-refractivity contribution in [1.29, 1.82) is 0 Å². The van der Waals surface area contributed by atoms with Crippen LogP contribution in [-0.2, 0) is 0 Å². The Labute approximate surface area is 115 Å². The zero-order valence-electron chi connectivity index (χ0n) is 8.64. The first-order valence-electron chi connectivity index (χ1n) is 4.69. The van der Waals surface area contributed by atoms with Gasteiger partial charge in [0.15, 0.2) is 0 Å². The topological polar surface area (TPSA) is 29.1 Å². The molecule has 1 N–H and O–H groups in total. The Bertz CT molecular complexity index is 595. The van der Waals surface area contributed by atoms with Crippen LogP contribution in [-0.4, -0.2) is 5.91 Å². The Balaban J connectivity index is 2.30. The number of thiophene rings is 1. The molecule has 0 spiro atoms. The SMILES string of the molecule is O=C(Nc1c(F)cccc1F)c1cc(Cl)sc1Cl. The van der Waals surface area contributed by atoms with Crippen LogP contribution in [0, 0.1) is 11.6 Å². The van der Waals surface area contributed by atoms with Gasteiger partial charge in [-0.05, 0) is 18.2 Å². The number of nitrogens with one attached hydrogen (secondary N) is 1. The van der Waals surface area contributed by atoms with Gasteiger partial charge in [-0.3, -0.25) is 4.79 Å². The quantitative estimate of drug-likeness (QED) is 0.864. The lowest BCUT2D eigenvalue weighted by Gasteiger charge is -2.06. The average Bonchev–Trinajstić information content (AvgIpc) is 2.63. The molecule has 94 valence electrons. The molecule has 7 heteroatoms. The van der Waals surface area contributed by atoms with Gasteiger partial charge in [-0.1, -0.05) is 29.3 Å². The molecule has 0 aliphatic carbocycles. The maximum Gasteiger partial charge on any atom is 0.258 e. The standard InChI is InChI=1S/C11H5Cl2F2NOS/c12-8-4-5(10(13)18-8)11(17)16-9-6(14)2-1-3-7(9)15/h1-4H,(H,16,17). The van der Waals surface area contributed by atoms with Crippen LogP contribution in [0.15, 0.2) is 24.3 Å². The van der Waals surface area contributed by atoms with Gasteiger partial charge in [0.2, 0.25) is 0 Å². The lowest BCUT2D eigenvalue weighted by molar-refractivity contribution is 0.102. The summed E-state index contributed by atoms with van der Waals surface area (Å²) < 4.78 is 27.1. The Morgan fingerprint density at radius 3 is 2.33 bits per heavy atom. The summed E-state index contributed by atoms with van der Waals surface area (Å²) in [6.07, 6.45) is 0. The largest absolute Gasteiger partial charge is 0.317 e. The Morgan fingerprint density at radius 2 is 1.83 bits per heavy atom. The third-order valence-electron chi connectivity index (χ3n) is 2.10. The first-order valence-corrected chi connectivity index (χ1v) is 6.26. The average molecular weight is 308 g/mol. The second kappa shape index (κ2) is 5.22. The molecule has 0 unspecified atom stereocenters. The van der Waals surface area contributed by atoms with E-state index >= 15 is 0 Å². The van der Waals surface area contributed by atoms with Crippen LogP contribution in [0.2, 0.25) is 8.67 Å². The Hall–Kier alpha value is -1.17. The van der Waals surface area contributed by atoms with E-state index in [2.05, 4.69) is 5.32 Å². The van der Waals surface area contributed by atoms with Gasteiger partial charge in [-0.15, -0.1) is 11.3 Å². The van der Waals surface area contributed by atoms with Crippen molar-refractivity contribution in [3.05, 3.63) is 50.1 Å². The number of carbonyl (C=O) groups is 1. The van der Waals surface area contributed by atoms with E-state index < -0.39 is 23.2 Å². The van der Waals surface area contributed by atoms with E-state index in [0.717, 1.165) is 23.5 Å². The van der Waals surface area contributed by atoms with E-state index in [9.17, 15) is 13.6 Å². The van der Waals surface area contributed by atoms with Gasteiger partial charge in [0.05, 0.1) is 9.90 Å². The van der Waals surface area contributed by atoms with Gasteiger partial charge in [-0.2, -0.15) is 0 Å². The molecule has 2 nitrogen and oxygen atoms in total. The first kappa shape index (κ1) is 13.3. The molecule has 0 saturated carbocycles. The van der Waals surface area contributed by atoms with E-state index in [1.165, 1.54) is 12.1 Å². The van der Waals surface area contributed by atoms with Crippen molar-refractivity contribution in [2.45, 2.75) is 0 Å². The lowest BCUT2D eigenvalue weighted by Crippen LogP contribution is -2.13. The van der Waals surface area contributed by atoms with Crippen LogP contribution in [0.3, 0.4) is 0 Å². The third kappa shape index (κ3) is 2.63. The fourth-order valence-corrected chi connectivity index (χ4v) is 2.75. The maximum absolute atomic E-state index is 13.3. The molecule has 0 saturated heterocycles. The van der Waals surface area contributed by atoms with E-state index in [-0.39, 0.29) is 9.90 Å². The summed E-state index contributed by atoms with van der Waals surface area (Å²) in [6.45, 7) is 0. The maximum atomic E-state index is 13.3. The molecule has 0 bridgehead atoms. The number of halogens is 4. The van der Waals surface area contributed by atoms with Crippen molar-refractivity contribution in [2.75, 3.05) is 5.32 Å². The lowest BCUT2D eigenvalue weighted by atomic mass is 10.2. The monoisotopic (exact) mass is 307 g/mol. The van der Waals surface area contributed by atoms with Gasteiger partial charge >= 0.3 is 0 Å². The molecule has 2 rings (SSSR count). The number of hydrogen-bond acceptors (Lipinski definition) is 2. The number of carbonyl (C=O) groups excluding carboxylic acids is 1. The van der Waals surface area contributed by atoms with E-state index in [0.29, 0.717) is 4.34 Å². The highest BCUT2D eigenvalue weighted by atomic mass is 35.5.